The van der Waals surface area contributed by atoms with E-state index in [0.29, 0.717) is 17.1 Å². The zero-order valence-corrected chi connectivity index (χ0v) is 14.4. The number of thioether (sulfide) groups is 1. The van der Waals surface area contributed by atoms with Gasteiger partial charge in [0.15, 0.2) is 0 Å². The summed E-state index contributed by atoms with van der Waals surface area (Å²) < 4.78 is 0. The molecule has 2 saturated heterocycles. The number of rotatable bonds is 5. The van der Waals surface area contributed by atoms with Crippen LogP contribution < -0.4 is 5.32 Å². The number of nitrogens with zero attached hydrogens (tertiary/aromatic N) is 1. The molecule has 116 valence electrons. The van der Waals surface area contributed by atoms with Crippen molar-refractivity contribution in [1.29, 1.82) is 0 Å². The van der Waals surface area contributed by atoms with Gasteiger partial charge in [-0.2, -0.15) is 23.1 Å². The first-order valence-corrected chi connectivity index (χ1v) is 9.90. The van der Waals surface area contributed by atoms with Crippen LogP contribution in [-0.4, -0.2) is 34.4 Å². The van der Waals surface area contributed by atoms with Crippen molar-refractivity contribution < 1.29 is 4.79 Å². The zero-order valence-electron chi connectivity index (χ0n) is 12.7. The Bertz CT molecular complexity index is 471. The smallest absolute Gasteiger partial charge is 0.241 e. The van der Waals surface area contributed by atoms with Gasteiger partial charge in [0.1, 0.15) is 6.17 Å². The Balaban J connectivity index is 1.79. The minimum atomic E-state index is -0.0219. The molecule has 4 atom stereocenters. The van der Waals surface area contributed by atoms with Crippen LogP contribution in [0.15, 0.2) is 16.8 Å². The third kappa shape index (κ3) is 3.15. The monoisotopic (exact) mass is 324 g/mol. The lowest BCUT2D eigenvalue weighted by molar-refractivity contribution is -0.130. The normalized spacial score (nSPS) is 31.0. The Hall–Kier alpha value is -0.520. The molecule has 1 aromatic rings. The van der Waals surface area contributed by atoms with E-state index >= 15 is 0 Å². The number of hydrogen-bond acceptors (Lipinski definition) is 4. The maximum Gasteiger partial charge on any atom is 0.241 e. The molecular formula is C16H24N2OS2. The predicted octanol–water partition coefficient (Wildman–Crippen LogP) is 3.49. The molecule has 0 aromatic carbocycles. The molecule has 2 aliphatic rings. The van der Waals surface area contributed by atoms with Crippen molar-refractivity contribution in [2.75, 3.05) is 12.3 Å². The molecule has 0 spiro atoms. The number of nitrogens with one attached hydrogen (secondary N) is 1. The van der Waals surface area contributed by atoms with Crippen LogP contribution in [0.3, 0.4) is 0 Å². The molecule has 2 aliphatic heterocycles. The Morgan fingerprint density at radius 2 is 2.38 bits per heavy atom. The van der Waals surface area contributed by atoms with E-state index in [-0.39, 0.29) is 12.2 Å². The summed E-state index contributed by atoms with van der Waals surface area (Å²) in [4.78, 5) is 15.0. The van der Waals surface area contributed by atoms with E-state index in [9.17, 15) is 4.79 Å². The van der Waals surface area contributed by atoms with Crippen molar-refractivity contribution in [3.63, 3.8) is 0 Å². The fraction of sp³-hybridized carbons (Fsp3) is 0.688. The molecule has 1 aromatic heterocycles. The van der Waals surface area contributed by atoms with Crippen molar-refractivity contribution in [3.05, 3.63) is 22.4 Å². The summed E-state index contributed by atoms with van der Waals surface area (Å²) in [5.74, 6) is 1.94. The largest absolute Gasteiger partial charge is 0.320 e. The second-order valence-electron chi connectivity index (χ2n) is 6.11. The summed E-state index contributed by atoms with van der Waals surface area (Å²) in [6.45, 7) is 5.23. The Morgan fingerprint density at radius 3 is 3.00 bits per heavy atom. The number of amides is 1. The summed E-state index contributed by atoms with van der Waals surface area (Å²) in [6, 6.07) is 2.12. The maximum absolute atomic E-state index is 12.9. The zero-order chi connectivity index (χ0) is 14.8. The Kier molecular flexibility index (Phi) is 4.92. The lowest BCUT2D eigenvalue weighted by Gasteiger charge is -2.26. The standard InChI is InChI=1S/C16H24N2OS2/c1-3-11(2)14-16(19)18(9-13-5-4-7-21-13)15(17-14)12-6-8-20-10-12/h6,8,10-11,13-15,17H,3-5,7,9H2,1-2H3. The van der Waals surface area contributed by atoms with E-state index in [1.807, 2.05) is 11.8 Å². The van der Waals surface area contributed by atoms with Gasteiger partial charge in [0.25, 0.3) is 0 Å². The number of thiophene rings is 1. The second-order valence-corrected chi connectivity index (χ2v) is 8.30. The van der Waals surface area contributed by atoms with E-state index in [0.717, 1.165) is 13.0 Å². The van der Waals surface area contributed by atoms with Crippen molar-refractivity contribution in [2.45, 2.75) is 50.6 Å². The highest BCUT2D eigenvalue weighted by Gasteiger charge is 2.42. The molecule has 4 unspecified atom stereocenters. The van der Waals surface area contributed by atoms with Gasteiger partial charge in [0.2, 0.25) is 5.91 Å². The minimum Gasteiger partial charge on any atom is -0.320 e. The summed E-state index contributed by atoms with van der Waals surface area (Å²) in [7, 11) is 0. The first-order valence-electron chi connectivity index (χ1n) is 7.91. The van der Waals surface area contributed by atoms with Gasteiger partial charge in [0.05, 0.1) is 6.04 Å². The number of hydrogen-bond donors (Lipinski definition) is 1. The first-order chi connectivity index (χ1) is 10.2. The molecule has 3 heterocycles. The number of carbonyl (C=O) groups excluding carboxylic acids is 1. The quantitative estimate of drug-likeness (QED) is 0.900. The number of carbonyl (C=O) groups is 1. The van der Waals surface area contributed by atoms with Crippen molar-refractivity contribution in [3.8, 4) is 0 Å². The minimum absolute atomic E-state index is 0.0219. The topological polar surface area (TPSA) is 32.3 Å². The molecule has 5 heteroatoms. The maximum atomic E-state index is 12.9. The van der Waals surface area contributed by atoms with Crippen LogP contribution in [0.2, 0.25) is 0 Å². The second kappa shape index (κ2) is 6.71. The van der Waals surface area contributed by atoms with Gasteiger partial charge < -0.3 is 4.90 Å². The summed E-state index contributed by atoms with van der Waals surface area (Å²) in [6.07, 6.45) is 3.65. The molecule has 2 fully saturated rings. The van der Waals surface area contributed by atoms with Crippen LogP contribution in [0.25, 0.3) is 0 Å². The lowest BCUT2D eigenvalue weighted by atomic mass is 9.99. The fourth-order valence-electron chi connectivity index (χ4n) is 3.19. The van der Waals surface area contributed by atoms with Crippen molar-refractivity contribution >= 4 is 29.0 Å². The molecule has 3 rings (SSSR count). The van der Waals surface area contributed by atoms with E-state index in [1.54, 1.807) is 11.3 Å². The molecule has 1 amide bonds. The summed E-state index contributed by atoms with van der Waals surface area (Å²) >= 11 is 3.73. The Morgan fingerprint density at radius 1 is 1.52 bits per heavy atom. The molecule has 3 nitrogen and oxygen atoms in total. The molecule has 0 radical (unpaired) electrons. The molecule has 0 bridgehead atoms. The van der Waals surface area contributed by atoms with Crippen LogP contribution in [0.4, 0.5) is 0 Å². The highest BCUT2D eigenvalue weighted by atomic mass is 32.2. The first kappa shape index (κ1) is 15.4. The van der Waals surface area contributed by atoms with E-state index in [2.05, 4.69) is 40.9 Å². The van der Waals surface area contributed by atoms with Crippen LogP contribution in [0, 0.1) is 5.92 Å². The molecular weight excluding hydrogens is 300 g/mol. The van der Waals surface area contributed by atoms with Gasteiger partial charge in [0, 0.05) is 11.8 Å². The fourth-order valence-corrected chi connectivity index (χ4v) is 5.14. The van der Waals surface area contributed by atoms with E-state index in [4.69, 9.17) is 0 Å². The average molecular weight is 325 g/mol. The van der Waals surface area contributed by atoms with Gasteiger partial charge >= 0.3 is 0 Å². The summed E-state index contributed by atoms with van der Waals surface area (Å²) in [5, 5.41) is 8.47. The SMILES string of the molecule is CCC(C)C1NC(c2ccsc2)N(CC2CCCS2)C1=O. The van der Waals surface area contributed by atoms with Gasteiger partial charge in [-0.15, -0.1) is 0 Å². The van der Waals surface area contributed by atoms with Crippen molar-refractivity contribution in [2.24, 2.45) is 5.92 Å². The molecule has 1 N–H and O–H groups in total. The van der Waals surface area contributed by atoms with Crippen molar-refractivity contribution in [1.82, 2.24) is 10.2 Å². The van der Waals surface area contributed by atoms with Gasteiger partial charge in [-0.05, 0) is 46.9 Å². The van der Waals surface area contributed by atoms with Gasteiger partial charge in [-0.1, -0.05) is 20.3 Å². The predicted molar refractivity (Wildman–Crippen MR) is 90.6 cm³/mol. The van der Waals surface area contributed by atoms with Crippen LogP contribution >= 0.6 is 23.1 Å². The lowest BCUT2D eigenvalue weighted by Crippen LogP contribution is -2.37. The highest BCUT2D eigenvalue weighted by Crippen LogP contribution is 2.34. The van der Waals surface area contributed by atoms with Gasteiger partial charge in [-0.25, -0.2) is 0 Å². The van der Waals surface area contributed by atoms with E-state index < -0.39 is 0 Å². The molecule has 21 heavy (non-hydrogen) atoms. The average Bonchev–Trinajstić information content (AvgIpc) is 3.21. The molecule has 0 saturated carbocycles. The third-order valence-electron chi connectivity index (χ3n) is 4.69. The summed E-state index contributed by atoms with van der Waals surface area (Å²) in [5.41, 5.74) is 1.24. The van der Waals surface area contributed by atoms with E-state index in [1.165, 1.54) is 24.2 Å². The molecule has 0 aliphatic carbocycles. The Labute approximate surface area is 135 Å². The highest BCUT2D eigenvalue weighted by molar-refractivity contribution is 8.00. The van der Waals surface area contributed by atoms with Crippen LogP contribution in [0.5, 0.6) is 0 Å². The van der Waals surface area contributed by atoms with Gasteiger partial charge in [-0.3, -0.25) is 10.1 Å². The third-order valence-corrected chi connectivity index (χ3v) is 6.78. The van der Waals surface area contributed by atoms with Crippen LogP contribution in [0.1, 0.15) is 44.8 Å². The van der Waals surface area contributed by atoms with Crippen LogP contribution in [-0.2, 0) is 4.79 Å².